The number of unbranched alkanes of at least 4 members (excludes halogenated alkanes) is 16. The average Bonchev–Trinajstić information content (AvgIpc) is 3.05. The lowest BCUT2D eigenvalue weighted by Gasteiger charge is -2.20. The molecule has 47 heavy (non-hydrogen) atoms. The zero-order valence-corrected chi connectivity index (χ0v) is 30.4. The van der Waals surface area contributed by atoms with Crippen LogP contribution in [0.5, 0.6) is 0 Å². The number of rotatable bonds is 34. The van der Waals surface area contributed by atoms with Crippen molar-refractivity contribution >= 4 is 19.8 Å². The van der Waals surface area contributed by atoms with Gasteiger partial charge in [-0.2, -0.15) is 0 Å². The van der Waals surface area contributed by atoms with Gasteiger partial charge in [-0.15, -0.1) is 0 Å². The second kappa shape index (κ2) is 33.0. The molecule has 0 aliphatic heterocycles. The lowest BCUT2D eigenvalue weighted by molar-refractivity contribution is -0.153. The molecule has 0 aliphatic rings. The fraction of sp³-hybridized carbons (Fsp3) is 0.833. The Hall–Kier alpha value is -1.55. The smallest absolute Gasteiger partial charge is 0.457 e. The van der Waals surface area contributed by atoms with Crippen molar-refractivity contribution in [1.29, 1.82) is 0 Å². The Bertz CT molecular complexity index is 848. The summed E-state index contributed by atoms with van der Waals surface area (Å²) in [6.07, 6.45) is 29.2. The molecule has 0 rings (SSSR count). The van der Waals surface area contributed by atoms with Crippen molar-refractivity contribution in [2.24, 2.45) is 0 Å². The highest BCUT2D eigenvalue weighted by atomic mass is 31.2. The van der Waals surface area contributed by atoms with Gasteiger partial charge in [0, 0.05) is 12.8 Å². The summed E-state index contributed by atoms with van der Waals surface area (Å²) < 4.78 is 32.2. The van der Waals surface area contributed by atoms with E-state index in [9.17, 15) is 29.3 Å². The molecule has 0 saturated heterocycles. The predicted octanol–water partition coefficient (Wildman–Crippen LogP) is 8.66. The first-order valence-electron chi connectivity index (χ1n) is 18.3. The van der Waals surface area contributed by atoms with Crippen LogP contribution in [-0.4, -0.2) is 65.7 Å². The number of hydrogen-bond donors (Lipinski definition) is 3. The van der Waals surface area contributed by atoms with Gasteiger partial charge in [-0.25, -0.2) is 4.57 Å². The lowest BCUT2D eigenvalue weighted by Crippen LogP contribution is -2.28. The molecule has 0 aromatic carbocycles. The number of ether oxygens (including phenoxy) is 2. The number of esters is 2. The second-order valence-corrected chi connectivity index (χ2v) is 13.7. The molecule has 3 unspecified atom stereocenters. The van der Waals surface area contributed by atoms with Crippen LogP contribution >= 0.6 is 7.82 Å². The minimum Gasteiger partial charge on any atom is -0.457 e. The summed E-state index contributed by atoms with van der Waals surface area (Å²) in [5, 5.41) is 18.9. The number of allylic oxidation sites excluding steroid dienone is 4. The van der Waals surface area contributed by atoms with Crippen LogP contribution in [0.2, 0.25) is 0 Å². The summed E-state index contributed by atoms with van der Waals surface area (Å²) in [7, 11) is -4.61. The Morgan fingerprint density at radius 2 is 0.936 bits per heavy atom. The third kappa shape index (κ3) is 31.5. The molecule has 0 bridgehead atoms. The van der Waals surface area contributed by atoms with Crippen molar-refractivity contribution < 1.29 is 47.8 Å². The van der Waals surface area contributed by atoms with Gasteiger partial charge in [0.15, 0.2) is 0 Å². The summed E-state index contributed by atoms with van der Waals surface area (Å²) in [6, 6.07) is 0. The quantitative estimate of drug-likeness (QED) is 0.0259. The highest BCUT2D eigenvalue weighted by Crippen LogP contribution is 2.43. The standard InChI is InChI=1S/C36H67O10P/c1-3-5-7-9-10-11-12-13-14-15-16-17-18-19-20-21-22-24-26-28-36(40)46-34(30-38)32-44-47(41,42)43-31-33(29-37)45-35(39)27-25-23-8-6-4-2/h10-11,13-14,33-34,37-38H,3-9,12,15-32H2,1-2H3,(H,41,42)/b11-10-,14-13-. The lowest BCUT2D eigenvalue weighted by atomic mass is 10.1. The van der Waals surface area contributed by atoms with Crippen molar-refractivity contribution in [3.63, 3.8) is 0 Å². The Labute approximate surface area is 285 Å². The molecule has 0 aliphatic carbocycles. The first-order chi connectivity index (χ1) is 22.8. The molecule has 3 atom stereocenters. The summed E-state index contributed by atoms with van der Waals surface area (Å²) in [5.41, 5.74) is 0. The van der Waals surface area contributed by atoms with Gasteiger partial charge < -0.3 is 24.6 Å². The van der Waals surface area contributed by atoms with Crippen molar-refractivity contribution in [2.75, 3.05) is 26.4 Å². The normalized spacial score (nSPS) is 14.4. The molecule has 0 aromatic heterocycles. The molecule has 0 spiro atoms. The Morgan fingerprint density at radius 3 is 1.36 bits per heavy atom. The van der Waals surface area contributed by atoms with Crippen LogP contribution in [0, 0.1) is 0 Å². The van der Waals surface area contributed by atoms with Crippen LogP contribution in [0.1, 0.15) is 155 Å². The molecule has 11 heteroatoms. The summed E-state index contributed by atoms with van der Waals surface area (Å²) in [6.45, 7) is 2.05. The van der Waals surface area contributed by atoms with Gasteiger partial charge in [0.25, 0.3) is 0 Å². The topological polar surface area (TPSA) is 149 Å². The van der Waals surface area contributed by atoms with E-state index in [0.717, 1.165) is 57.8 Å². The van der Waals surface area contributed by atoms with Gasteiger partial charge in [0.05, 0.1) is 26.4 Å². The van der Waals surface area contributed by atoms with E-state index in [0.29, 0.717) is 12.8 Å². The van der Waals surface area contributed by atoms with E-state index in [1.807, 2.05) is 0 Å². The molecule has 276 valence electrons. The number of phosphoric ester groups is 1. The number of hydrogen-bond acceptors (Lipinski definition) is 9. The van der Waals surface area contributed by atoms with Crippen molar-refractivity contribution in [2.45, 2.75) is 167 Å². The number of aliphatic hydroxyl groups is 2. The first-order valence-corrected chi connectivity index (χ1v) is 19.8. The Morgan fingerprint density at radius 1 is 0.574 bits per heavy atom. The molecule has 0 saturated carbocycles. The molecule has 0 heterocycles. The maximum Gasteiger partial charge on any atom is 0.472 e. The fourth-order valence-corrected chi connectivity index (χ4v) is 5.57. The SMILES string of the molecule is CCCCC/C=C\C/C=C\CCCCCCCCCCCC(=O)OC(CO)COP(=O)(O)OCC(CO)OC(=O)CCCCCCC. The zero-order valence-electron chi connectivity index (χ0n) is 29.5. The van der Waals surface area contributed by atoms with Gasteiger partial charge in [-0.3, -0.25) is 18.6 Å². The van der Waals surface area contributed by atoms with E-state index in [2.05, 4.69) is 38.2 Å². The zero-order chi connectivity index (χ0) is 34.9. The average molecular weight is 691 g/mol. The van der Waals surface area contributed by atoms with E-state index in [1.165, 1.54) is 57.8 Å². The minimum absolute atomic E-state index is 0.188. The number of phosphoric acid groups is 1. The number of carbonyl (C=O) groups is 2. The fourth-order valence-electron chi connectivity index (χ4n) is 4.79. The van der Waals surface area contributed by atoms with Crippen molar-refractivity contribution in [1.82, 2.24) is 0 Å². The second-order valence-electron chi connectivity index (χ2n) is 12.2. The van der Waals surface area contributed by atoms with Crippen molar-refractivity contribution in [3.05, 3.63) is 24.3 Å². The van der Waals surface area contributed by atoms with Gasteiger partial charge in [-0.05, 0) is 44.9 Å². The first kappa shape index (κ1) is 45.5. The maximum absolute atomic E-state index is 12.2. The summed E-state index contributed by atoms with van der Waals surface area (Å²) in [5.74, 6) is -1.04. The van der Waals surface area contributed by atoms with Crippen LogP contribution < -0.4 is 0 Å². The van der Waals surface area contributed by atoms with Crippen LogP contribution in [0.3, 0.4) is 0 Å². The summed E-state index contributed by atoms with van der Waals surface area (Å²) >= 11 is 0. The van der Waals surface area contributed by atoms with E-state index < -0.39 is 58.4 Å². The molecular weight excluding hydrogens is 623 g/mol. The predicted molar refractivity (Wildman–Crippen MR) is 187 cm³/mol. The highest BCUT2D eigenvalue weighted by Gasteiger charge is 2.27. The molecule has 0 amide bonds. The van der Waals surface area contributed by atoms with Gasteiger partial charge >= 0.3 is 19.8 Å². The van der Waals surface area contributed by atoms with Crippen LogP contribution in [0.4, 0.5) is 0 Å². The molecule has 10 nitrogen and oxygen atoms in total. The highest BCUT2D eigenvalue weighted by molar-refractivity contribution is 7.47. The molecule has 0 fully saturated rings. The van der Waals surface area contributed by atoms with Crippen LogP contribution in [0.15, 0.2) is 24.3 Å². The monoisotopic (exact) mass is 690 g/mol. The van der Waals surface area contributed by atoms with E-state index in [1.54, 1.807) is 0 Å². The maximum atomic E-state index is 12.2. The van der Waals surface area contributed by atoms with Crippen LogP contribution in [0.25, 0.3) is 0 Å². The van der Waals surface area contributed by atoms with Gasteiger partial charge in [0.2, 0.25) is 0 Å². The van der Waals surface area contributed by atoms with E-state index >= 15 is 0 Å². The Kier molecular flexibility index (Phi) is 31.9. The third-order valence-electron chi connectivity index (χ3n) is 7.67. The molecule has 3 N–H and O–H groups in total. The number of carbonyl (C=O) groups excluding carboxylic acids is 2. The minimum atomic E-state index is -4.61. The van der Waals surface area contributed by atoms with Crippen LogP contribution in [-0.2, 0) is 32.7 Å². The summed E-state index contributed by atoms with van der Waals surface area (Å²) in [4.78, 5) is 34.0. The third-order valence-corrected chi connectivity index (χ3v) is 8.62. The molecular formula is C36H67O10P. The number of aliphatic hydroxyl groups excluding tert-OH is 2. The van der Waals surface area contributed by atoms with Crippen molar-refractivity contribution in [3.8, 4) is 0 Å². The molecule has 0 aromatic rings. The van der Waals surface area contributed by atoms with Gasteiger partial charge in [0.1, 0.15) is 12.2 Å². The Balaban J connectivity index is 3.90. The molecule has 0 radical (unpaired) electrons. The largest absolute Gasteiger partial charge is 0.472 e. The van der Waals surface area contributed by atoms with E-state index in [4.69, 9.17) is 18.5 Å². The van der Waals surface area contributed by atoms with E-state index in [-0.39, 0.29) is 12.8 Å². The van der Waals surface area contributed by atoms with Gasteiger partial charge in [-0.1, -0.05) is 122 Å².